The highest BCUT2D eigenvalue weighted by molar-refractivity contribution is 6.03. The highest BCUT2D eigenvalue weighted by Crippen LogP contribution is 2.49. The molecule has 1 unspecified atom stereocenters. The van der Waals surface area contributed by atoms with Crippen LogP contribution in [0.2, 0.25) is 0 Å². The number of carbonyl (C=O) groups excluding carboxylic acids is 2. The Kier molecular flexibility index (Phi) is 6.48. The minimum Gasteiger partial charge on any atom is -0.496 e. The van der Waals surface area contributed by atoms with Crippen LogP contribution < -0.4 is 4.74 Å². The fourth-order valence-corrected chi connectivity index (χ4v) is 5.29. The molecule has 5 heteroatoms. The van der Waals surface area contributed by atoms with Crippen molar-refractivity contribution >= 4 is 17.6 Å². The van der Waals surface area contributed by atoms with E-state index >= 15 is 0 Å². The van der Waals surface area contributed by atoms with Gasteiger partial charge in [0.1, 0.15) is 5.75 Å². The van der Waals surface area contributed by atoms with Crippen molar-refractivity contribution in [2.24, 2.45) is 16.8 Å². The molecule has 1 aromatic carbocycles. The molecule has 3 aliphatic rings. The highest BCUT2D eigenvalue weighted by atomic mass is 16.5. The smallest absolute Gasteiger partial charge is 0.373 e. The highest BCUT2D eigenvalue weighted by Gasteiger charge is 2.45. The lowest BCUT2D eigenvalue weighted by atomic mass is 9.71. The monoisotopic (exact) mass is 382 g/mol. The van der Waals surface area contributed by atoms with Crippen molar-refractivity contribution in [3.05, 3.63) is 35.4 Å². The lowest BCUT2D eigenvalue weighted by molar-refractivity contribution is -0.191. The Bertz CT molecular complexity index is 808. The Morgan fingerprint density at radius 1 is 1.39 bits per heavy atom. The second kappa shape index (κ2) is 8.85. The van der Waals surface area contributed by atoms with E-state index in [0.717, 1.165) is 17.4 Å². The Labute approximate surface area is 167 Å². The minimum absolute atomic E-state index is 0.250. The standard InChI is InChI=1S/C22H30N2O.CO2/c1-5-14(3)17-12-19-22-16(10-11-24(19)13-15(17)6-2)21-18(23-22)8-7-9-20(21)25-4;2-1-3/h5,7-9,15-17,19H,6,10-13H2,1-4H3;/b14-5-;/t15-,16?,17-,19+;/m1./s1. The van der Waals surface area contributed by atoms with Crippen molar-refractivity contribution < 1.29 is 14.3 Å². The van der Waals surface area contributed by atoms with Gasteiger partial charge in [0.25, 0.3) is 0 Å². The molecule has 28 heavy (non-hydrogen) atoms. The SMILES string of the molecule is C/C=C(/C)[C@H]1C[C@H]2C3=Nc4cccc(OC)c4C3CCN2C[C@H]1CC.O=C=O. The van der Waals surface area contributed by atoms with Crippen molar-refractivity contribution in [3.8, 4) is 5.75 Å². The molecule has 5 nitrogen and oxygen atoms in total. The molecule has 0 saturated carbocycles. The molecule has 0 amide bonds. The Morgan fingerprint density at radius 2 is 2.14 bits per heavy atom. The van der Waals surface area contributed by atoms with Gasteiger partial charge in [-0.2, -0.15) is 9.59 Å². The molecule has 2 saturated heterocycles. The maximum atomic E-state index is 8.12. The van der Waals surface area contributed by atoms with E-state index in [1.165, 1.54) is 43.6 Å². The van der Waals surface area contributed by atoms with Crippen molar-refractivity contribution in [2.45, 2.75) is 52.0 Å². The number of rotatable bonds is 3. The molecular weight excluding hydrogens is 352 g/mol. The average Bonchev–Trinajstić information content (AvgIpc) is 3.11. The van der Waals surface area contributed by atoms with E-state index in [2.05, 4.69) is 49.9 Å². The van der Waals surface area contributed by atoms with Crippen LogP contribution in [-0.4, -0.2) is 43.0 Å². The lowest BCUT2D eigenvalue weighted by Gasteiger charge is -2.48. The zero-order valence-corrected chi connectivity index (χ0v) is 17.3. The van der Waals surface area contributed by atoms with E-state index in [1.54, 1.807) is 12.7 Å². The van der Waals surface area contributed by atoms with E-state index in [4.69, 9.17) is 19.3 Å². The number of fused-ring (bicyclic) bond motifs is 5. The van der Waals surface area contributed by atoms with Gasteiger partial charge >= 0.3 is 6.15 Å². The predicted molar refractivity (Wildman–Crippen MR) is 109 cm³/mol. The van der Waals surface area contributed by atoms with Gasteiger partial charge < -0.3 is 4.74 Å². The van der Waals surface area contributed by atoms with Crippen LogP contribution in [0.3, 0.4) is 0 Å². The molecular formula is C23H30N2O3. The molecule has 4 atom stereocenters. The molecule has 150 valence electrons. The summed E-state index contributed by atoms with van der Waals surface area (Å²) >= 11 is 0. The van der Waals surface area contributed by atoms with Gasteiger partial charge in [0.15, 0.2) is 0 Å². The second-order valence-corrected chi connectivity index (χ2v) is 7.91. The summed E-state index contributed by atoms with van der Waals surface area (Å²) in [5.74, 6) is 2.95. The zero-order valence-electron chi connectivity index (χ0n) is 17.3. The molecule has 0 aromatic heterocycles. The van der Waals surface area contributed by atoms with Gasteiger partial charge in [-0.1, -0.05) is 31.1 Å². The first kappa shape index (κ1) is 20.5. The van der Waals surface area contributed by atoms with Gasteiger partial charge in [-0.25, -0.2) is 0 Å². The van der Waals surface area contributed by atoms with Gasteiger partial charge in [-0.05, 0) is 57.2 Å². The molecule has 0 bridgehead atoms. The van der Waals surface area contributed by atoms with Gasteiger partial charge in [0.05, 0.1) is 12.8 Å². The van der Waals surface area contributed by atoms with E-state index < -0.39 is 0 Å². The summed E-state index contributed by atoms with van der Waals surface area (Å²) < 4.78 is 5.66. The van der Waals surface area contributed by atoms with Crippen molar-refractivity contribution in [3.63, 3.8) is 0 Å². The second-order valence-electron chi connectivity index (χ2n) is 7.91. The van der Waals surface area contributed by atoms with Crippen LogP contribution in [0.5, 0.6) is 5.75 Å². The first-order valence-electron chi connectivity index (χ1n) is 10.2. The van der Waals surface area contributed by atoms with Crippen LogP contribution in [0.4, 0.5) is 5.69 Å². The fourth-order valence-electron chi connectivity index (χ4n) is 5.29. The predicted octanol–water partition coefficient (Wildman–Crippen LogP) is 4.37. The summed E-state index contributed by atoms with van der Waals surface area (Å²) in [5, 5.41) is 0. The molecule has 0 radical (unpaired) electrons. The maximum Gasteiger partial charge on any atom is 0.373 e. The van der Waals surface area contributed by atoms with E-state index in [-0.39, 0.29) is 6.15 Å². The van der Waals surface area contributed by atoms with Crippen molar-refractivity contribution in [1.82, 2.24) is 4.90 Å². The van der Waals surface area contributed by atoms with Crippen molar-refractivity contribution in [1.29, 1.82) is 0 Å². The number of aliphatic imine (C=N–C) groups is 1. The molecule has 3 heterocycles. The quantitative estimate of drug-likeness (QED) is 0.729. The minimum atomic E-state index is 0.250. The Balaban J connectivity index is 0.000000706. The summed E-state index contributed by atoms with van der Waals surface area (Å²) in [4.78, 5) is 24.1. The summed E-state index contributed by atoms with van der Waals surface area (Å²) in [6.07, 6.45) is 6.23. The van der Waals surface area contributed by atoms with Crippen molar-refractivity contribution in [2.75, 3.05) is 20.2 Å². The maximum absolute atomic E-state index is 8.12. The summed E-state index contributed by atoms with van der Waals surface area (Å²) in [6, 6.07) is 6.81. The number of allylic oxidation sites excluding steroid dienone is 2. The third-order valence-corrected chi connectivity index (χ3v) is 6.79. The van der Waals surface area contributed by atoms with E-state index in [1.807, 2.05) is 0 Å². The molecule has 0 N–H and O–H groups in total. The number of piperidine rings is 2. The molecule has 0 aliphatic carbocycles. The number of ether oxygens (including phenoxy) is 1. The third kappa shape index (κ3) is 3.57. The normalized spacial score (nSPS) is 28.7. The van der Waals surface area contributed by atoms with Crippen LogP contribution in [0, 0.1) is 11.8 Å². The van der Waals surface area contributed by atoms with Gasteiger partial charge in [0.2, 0.25) is 0 Å². The third-order valence-electron chi connectivity index (χ3n) is 6.79. The number of hydrogen-bond acceptors (Lipinski definition) is 5. The number of hydrogen-bond donors (Lipinski definition) is 0. The lowest BCUT2D eigenvalue weighted by Crippen LogP contribution is -2.55. The largest absolute Gasteiger partial charge is 0.496 e. The Morgan fingerprint density at radius 3 is 2.79 bits per heavy atom. The van der Waals surface area contributed by atoms with Crippen LogP contribution in [-0.2, 0) is 9.59 Å². The van der Waals surface area contributed by atoms with E-state index in [0.29, 0.717) is 17.9 Å². The van der Waals surface area contributed by atoms with Crippen LogP contribution in [0.25, 0.3) is 0 Å². The molecule has 4 rings (SSSR count). The first-order valence-corrected chi connectivity index (χ1v) is 10.2. The Hall–Kier alpha value is -2.23. The summed E-state index contributed by atoms with van der Waals surface area (Å²) in [6.45, 7) is 9.26. The number of benzene rings is 1. The molecule has 1 aromatic rings. The van der Waals surface area contributed by atoms with Gasteiger partial charge in [0, 0.05) is 29.8 Å². The number of nitrogens with zero attached hydrogens (tertiary/aromatic N) is 2. The fraction of sp³-hybridized carbons (Fsp3) is 0.565. The molecule has 3 aliphatic heterocycles. The molecule has 2 fully saturated rings. The van der Waals surface area contributed by atoms with Crippen LogP contribution in [0.15, 0.2) is 34.8 Å². The average molecular weight is 383 g/mol. The van der Waals surface area contributed by atoms with Crippen LogP contribution in [0.1, 0.15) is 51.5 Å². The summed E-state index contributed by atoms with van der Waals surface area (Å²) in [5.41, 5.74) is 5.42. The molecule has 0 spiro atoms. The van der Waals surface area contributed by atoms with Gasteiger partial charge in [-0.3, -0.25) is 9.89 Å². The zero-order chi connectivity index (χ0) is 20.3. The van der Waals surface area contributed by atoms with Gasteiger partial charge in [-0.15, -0.1) is 0 Å². The topological polar surface area (TPSA) is 59.0 Å². The van der Waals surface area contributed by atoms with E-state index in [9.17, 15) is 0 Å². The summed E-state index contributed by atoms with van der Waals surface area (Å²) in [7, 11) is 1.78. The number of methoxy groups -OCH3 is 1. The van der Waals surface area contributed by atoms with Crippen LogP contribution >= 0.6 is 0 Å². The first-order chi connectivity index (χ1) is 13.6.